The highest BCUT2D eigenvalue weighted by molar-refractivity contribution is 8.03. The molecular weight excluding hydrogens is 413 g/mol. The van der Waals surface area contributed by atoms with Crippen LogP contribution in [0.3, 0.4) is 0 Å². The summed E-state index contributed by atoms with van der Waals surface area (Å²) in [6.07, 6.45) is 1.94. The van der Waals surface area contributed by atoms with Gasteiger partial charge < -0.3 is 4.57 Å². The van der Waals surface area contributed by atoms with Crippen LogP contribution in [-0.2, 0) is 0 Å². The maximum absolute atomic E-state index is 13.4. The molecule has 0 aliphatic carbocycles. The molecule has 2 aromatic heterocycles. The molecule has 0 spiro atoms. The van der Waals surface area contributed by atoms with Crippen LogP contribution in [0.4, 0.5) is 4.39 Å². The molecule has 0 saturated heterocycles. The summed E-state index contributed by atoms with van der Waals surface area (Å²) >= 11 is 10.3. The summed E-state index contributed by atoms with van der Waals surface area (Å²) in [6.45, 7) is 3.78. The van der Waals surface area contributed by atoms with Gasteiger partial charge >= 0.3 is 0 Å². The summed E-state index contributed by atoms with van der Waals surface area (Å²) in [5.74, 6) is -0.159. The summed E-state index contributed by atoms with van der Waals surface area (Å²) in [5.41, 5.74) is 3.06. The molecule has 26 heavy (non-hydrogen) atoms. The first-order valence-corrected chi connectivity index (χ1v) is 11.0. The number of rotatable bonds is 6. The molecule has 0 N–H and O–H groups in total. The minimum Gasteiger partial charge on any atom is -0.318 e. The second kappa shape index (κ2) is 8.12. The van der Waals surface area contributed by atoms with Crippen LogP contribution in [-0.4, -0.2) is 32.6 Å². The van der Waals surface area contributed by atoms with Crippen LogP contribution in [0.15, 0.2) is 32.9 Å². The van der Waals surface area contributed by atoms with Gasteiger partial charge in [-0.3, -0.25) is 4.79 Å². The van der Waals surface area contributed by atoms with Crippen molar-refractivity contribution in [1.82, 2.24) is 14.8 Å². The summed E-state index contributed by atoms with van der Waals surface area (Å²) < 4.78 is 17.0. The molecule has 9 heteroatoms. The first-order valence-electron chi connectivity index (χ1n) is 7.58. The van der Waals surface area contributed by atoms with Gasteiger partial charge in [-0.2, -0.15) is 0 Å². The molecule has 4 nitrogen and oxygen atoms in total. The zero-order chi connectivity index (χ0) is 18.8. The van der Waals surface area contributed by atoms with E-state index in [-0.39, 0.29) is 16.6 Å². The molecule has 0 amide bonds. The van der Waals surface area contributed by atoms with Crippen LogP contribution in [0, 0.1) is 19.7 Å². The Morgan fingerprint density at radius 1 is 1.27 bits per heavy atom. The second-order valence-electron chi connectivity index (χ2n) is 5.47. The third kappa shape index (κ3) is 3.98. The first-order chi connectivity index (χ1) is 12.4. The molecule has 0 aliphatic rings. The van der Waals surface area contributed by atoms with Crippen LogP contribution in [0.1, 0.15) is 21.7 Å². The van der Waals surface area contributed by atoms with Gasteiger partial charge in [0.25, 0.3) is 0 Å². The Labute approximate surface area is 168 Å². The number of carbonyl (C=O) groups excluding carboxylic acids is 1. The molecule has 136 valence electrons. The summed E-state index contributed by atoms with van der Waals surface area (Å²) in [4.78, 5) is 12.7. The number of carbonyl (C=O) groups is 1. The molecule has 0 bridgehead atoms. The zero-order valence-corrected chi connectivity index (χ0v) is 17.5. The fourth-order valence-electron chi connectivity index (χ4n) is 2.61. The Morgan fingerprint density at radius 3 is 2.65 bits per heavy atom. The van der Waals surface area contributed by atoms with Crippen molar-refractivity contribution in [2.75, 3.05) is 12.0 Å². The average Bonchev–Trinajstić information content (AvgIpc) is 3.19. The molecule has 3 aromatic rings. The Balaban J connectivity index is 1.82. The van der Waals surface area contributed by atoms with E-state index in [1.807, 2.05) is 30.7 Å². The Hall–Kier alpha value is -1.35. The van der Waals surface area contributed by atoms with E-state index in [4.69, 9.17) is 11.6 Å². The molecule has 2 heterocycles. The number of halogens is 2. The molecule has 0 radical (unpaired) electrons. The van der Waals surface area contributed by atoms with Crippen molar-refractivity contribution in [3.05, 3.63) is 52.1 Å². The molecule has 1 aromatic carbocycles. The fourth-order valence-corrected chi connectivity index (χ4v) is 5.11. The third-order valence-electron chi connectivity index (χ3n) is 3.78. The Kier molecular flexibility index (Phi) is 6.06. The van der Waals surface area contributed by atoms with E-state index >= 15 is 0 Å². The SMILES string of the molecule is CSc1nnc(SCC(=O)c2cc(C)n(-c3ccc(F)c(Cl)c3)c2C)s1. The average molecular weight is 428 g/mol. The van der Waals surface area contributed by atoms with Crippen LogP contribution in [0.5, 0.6) is 0 Å². The number of benzene rings is 1. The predicted octanol–water partition coefficient (Wildman–Crippen LogP) is 5.44. The molecule has 0 fully saturated rings. The molecule has 0 aliphatic heterocycles. The van der Waals surface area contributed by atoms with Gasteiger partial charge in [0.15, 0.2) is 14.5 Å². The lowest BCUT2D eigenvalue weighted by atomic mass is 10.2. The van der Waals surface area contributed by atoms with Crippen LogP contribution in [0.25, 0.3) is 5.69 Å². The Morgan fingerprint density at radius 2 is 2.00 bits per heavy atom. The van der Waals surface area contributed by atoms with E-state index in [0.29, 0.717) is 5.56 Å². The first kappa shape index (κ1) is 19.4. The van der Waals surface area contributed by atoms with Gasteiger partial charge in [-0.05, 0) is 44.4 Å². The number of nitrogens with zero attached hydrogens (tertiary/aromatic N) is 3. The summed E-state index contributed by atoms with van der Waals surface area (Å²) in [5, 5.41) is 8.15. The van der Waals surface area contributed by atoms with Crippen molar-refractivity contribution < 1.29 is 9.18 Å². The third-order valence-corrected chi connectivity index (χ3v) is 7.10. The highest BCUT2D eigenvalue weighted by atomic mass is 35.5. The van der Waals surface area contributed by atoms with Crippen molar-refractivity contribution >= 4 is 52.2 Å². The zero-order valence-electron chi connectivity index (χ0n) is 14.2. The standard InChI is InChI=1S/C17H15ClFN3OS3/c1-9-6-12(15(23)8-25-17-21-20-16(24-3)26-17)10(2)22(9)11-4-5-14(19)13(18)7-11/h4-7H,8H2,1-3H3. The van der Waals surface area contributed by atoms with E-state index in [2.05, 4.69) is 10.2 Å². The van der Waals surface area contributed by atoms with E-state index < -0.39 is 5.82 Å². The molecule has 0 atom stereocenters. The number of aryl methyl sites for hydroxylation is 1. The van der Waals surface area contributed by atoms with Crippen molar-refractivity contribution in [3.63, 3.8) is 0 Å². The fraction of sp³-hybridized carbons (Fsp3) is 0.235. The Bertz CT molecular complexity index is 970. The lowest BCUT2D eigenvalue weighted by Crippen LogP contribution is -2.05. The van der Waals surface area contributed by atoms with Gasteiger partial charge in [0.1, 0.15) is 5.82 Å². The predicted molar refractivity (Wildman–Crippen MR) is 107 cm³/mol. The van der Waals surface area contributed by atoms with Gasteiger partial charge in [-0.1, -0.05) is 46.5 Å². The van der Waals surface area contributed by atoms with E-state index in [1.165, 1.54) is 40.9 Å². The van der Waals surface area contributed by atoms with Gasteiger partial charge in [0.05, 0.1) is 10.8 Å². The van der Waals surface area contributed by atoms with E-state index in [9.17, 15) is 9.18 Å². The second-order valence-corrected chi connectivity index (χ2v) is 9.13. The number of thioether (sulfide) groups is 2. The monoisotopic (exact) mass is 427 g/mol. The van der Waals surface area contributed by atoms with Gasteiger partial charge in [-0.25, -0.2) is 4.39 Å². The topological polar surface area (TPSA) is 47.8 Å². The number of hydrogen-bond acceptors (Lipinski definition) is 6. The molecular formula is C17H15ClFN3OS3. The minimum atomic E-state index is -0.466. The highest BCUT2D eigenvalue weighted by Gasteiger charge is 2.18. The van der Waals surface area contributed by atoms with Gasteiger partial charge in [0, 0.05) is 22.6 Å². The highest BCUT2D eigenvalue weighted by Crippen LogP contribution is 2.29. The van der Waals surface area contributed by atoms with Crippen molar-refractivity contribution in [2.45, 2.75) is 22.5 Å². The maximum Gasteiger partial charge on any atom is 0.175 e. The van der Waals surface area contributed by atoms with Crippen LogP contribution in [0.2, 0.25) is 5.02 Å². The lowest BCUT2D eigenvalue weighted by molar-refractivity contribution is 0.102. The van der Waals surface area contributed by atoms with Crippen LogP contribution < -0.4 is 0 Å². The van der Waals surface area contributed by atoms with Crippen molar-refractivity contribution in [3.8, 4) is 5.69 Å². The molecule has 3 rings (SSSR count). The molecule has 0 unspecified atom stereocenters. The largest absolute Gasteiger partial charge is 0.318 e. The maximum atomic E-state index is 13.4. The van der Waals surface area contributed by atoms with Crippen molar-refractivity contribution in [1.29, 1.82) is 0 Å². The number of ketones is 1. The van der Waals surface area contributed by atoms with Gasteiger partial charge in [-0.15, -0.1) is 10.2 Å². The molecule has 0 saturated carbocycles. The number of hydrogen-bond donors (Lipinski definition) is 0. The van der Waals surface area contributed by atoms with E-state index in [0.717, 1.165) is 25.8 Å². The van der Waals surface area contributed by atoms with Crippen molar-refractivity contribution in [2.24, 2.45) is 0 Å². The summed E-state index contributed by atoms with van der Waals surface area (Å²) in [7, 11) is 0. The quantitative estimate of drug-likeness (QED) is 0.387. The van der Waals surface area contributed by atoms with Crippen LogP contribution >= 0.6 is 46.5 Å². The number of aromatic nitrogens is 3. The number of Topliss-reactive ketones (excluding diaryl/α,β-unsaturated/α-hetero) is 1. The van der Waals surface area contributed by atoms with E-state index in [1.54, 1.807) is 12.1 Å². The normalized spacial score (nSPS) is 11.1. The minimum absolute atomic E-state index is 0.0171. The van der Waals surface area contributed by atoms with Gasteiger partial charge in [0.2, 0.25) is 0 Å². The lowest BCUT2D eigenvalue weighted by Gasteiger charge is -2.10. The smallest absolute Gasteiger partial charge is 0.175 e. The summed E-state index contributed by atoms with van der Waals surface area (Å²) in [6, 6.07) is 6.38.